The van der Waals surface area contributed by atoms with E-state index in [1.165, 1.54) is 0 Å². The van der Waals surface area contributed by atoms with Crippen LogP contribution in [0, 0.1) is 5.92 Å². The Bertz CT molecular complexity index is 770. The van der Waals surface area contributed by atoms with Gasteiger partial charge in [-0.25, -0.2) is 0 Å². The average Bonchev–Trinajstić information content (AvgIpc) is 3.02. The van der Waals surface area contributed by atoms with Gasteiger partial charge in [0.25, 0.3) is 0 Å². The topological polar surface area (TPSA) is 40.6 Å². The van der Waals surface area contributed by atoms with Gasteiger partial charge >= 0.3 is 0 Å². The van der Waals surface area contributed by atoms with Gasteiger partial charge in [-0.3, -0.25) is 9.59 Å². The van der Waals surface area contributed by atoms with E-state index in [9.17, 15) is 9.59 Å². The van der Waals surface area contributed by atoms with Crippen LogP contribution in [0.5, 0.6) is 0 Å². The summed E-state index contributed by atoms with van der Waals surface area (Å²) in [5.74, 6) is 0.0284. The van der Waals surface area contributed by atoms with Crippen LogP contribution in [-0.2, 0) is 9.59 Å². The minimum atomic E-state index is -0.307. The molecule has 3 rings (SSSR count). The predicted octanol–water partition coefficient (Wildman–Crippen LogP) is 3.83. The zero-order valence-corrected chi connectivity index (χ0v) is 15.0. The lowest BCUT2D eigenvalue weighted by atomic mass is 10.0. The molecule has 1 unspecified atom stereocenters. The fourth-order valence-corrected chi connectivity index (χ4v) is 3.38. The van der Waals surface area contributed by atoms with Crippen LogP contribution in [0.25, 0.3) is 0 Å². The smallest absolute Gasteiger partial charge is 0.232 e. The maximum atomic E-state index is 12.8. The van der Waals surface area contributed by atoms with Gasteiger partial charge in [0, 0.05) is 31.4 Å². The Morgan fingerprint density at radius 2 is 1.72 bits per heavy atom. The summed E-state index contributed by atoms with van der Waals surface area (Å²) in [5, 5.41) is 0. The summed E-state index contributed by atoms with van der Waals surface area (Å²) in [5.41, 5.74) is 2.92. The Labute approximate surface area is 149 Å². The molecule has 0 aromatic heterocycles. The Hall–Kier alpha value is -2.62. The van der Waals surface area contributed by atoms with Crippen molar-refractivity contribution >= 4 is 23.2 Å². The van der Waals surface area contributed by atoms with Gasteiger partial charge < -0.3 is 9.80 Å². The maximum absolute atomic E-state index is 12.8. The summed E-state index contributed by atoms with van der Waals surface area (Å²) >= 11 is 0. The van der Waals surface area contributed by atoms with Crippen molar-refractivity contribution in [1.82, 2.24) is 0 Å². The van der Waals surface area contributed by atoms with Crippen molar-refractivity contribution in [2.24, 2.45) is 5.92 Å². The molecule has 2 amide bonds. The lowest BCUT2D eigenvalue weighted by molar-refractivity contribution is -0.124. The molecular weight excluding hydrogens is 312 g/mol. The molecule has 130 valence electrons. The zero-order valence-electron chi connectivity index (χ0n) is 15.0. The third kappa shape index (κ3) is 3.43. The summed E-state index contributed by atoms with van der Waals surface area (Å²) in [4.78, 5) is 28.8. The lowest BCUT2D eigenvalue weighted by Gasteiger charge is -2.23. The van der Waals surface area contributed by atoms with Gasteiger partial charge in [0.15, 0.2) is 0 Å². The van der Waals surface area contributed by atoms with Gasteiger partial charge in [-0.2, -0.15) is 0 Å². The second kappa shape index (κ2) is 7.09. The third-order valence-corrected chi connectivity index (χ3v) is 4.80. The SMILES string of the molecule is CC(C)c1ccccc1N1CC(C(=O)N(C)c2ccccc2)CC1=O. The van der Waals surface area contributed by atoms with Crippen molar-refractivity contribution in [3.63, 3.8) is 0 Å². The van der Waals surface area contributed by atoms with E-state index in [-0.39, 0.29) is 24.2 Å². The van der Waals surface area contributed by atoms with E-state index in [1.54, 1.807) is 16.8 Å². The van der Waals surface area contributed by atoms with Crippen LogP contribution in [0.1, 0.15) is 31.7 Å². The van der Waals surface area contributed by atoms with E-state index >= 15 is 0 Å². The molecule has 2 aromatic carbocycles. The largest absolute Gasteiger partial charge is 0.315 e. The number of carbonyl (C=O) groups excluding carboxylic acids is 2. The van der Waals surface area contributed by atoms with Crippen molar-refractivity contribution in [3.05, 3.63) is 60.2 Å². The van der Waals surface area contributed by atoms with Crippen LogP contribution in [0.15, 0.2) is 54.6 Å². The Kier molecular flexibility index (Phi) is 4.88. The molecule has 0 bridgehead atoms. The first-order chi connectivity index (χ1) is 12.0. The van der Waals surface area contributed by atoms with E-state index in [4.69, 9.17) is 0 Å². The second-order valence-electron chi connectivity index (χ2n) is 6.85. The van der Waals surface area contributed by atoms with Gasteiger partial charge in [-0.1, -0.05) is 50.2 Å². The molecule has 25 heavy (non-hydrogen) atoms. The highest BCUT2D eigenvalue weighted by molar-refractivity contribution is 6.04. The maximum Gasteiger partial charge on any atom is 0.232 e. The van der Waals surface area contributed by atoms with Crippen LogP contribution < -0.4 is 9.80 Å². The first kappa shape index (κ1) is 17.2. The average molecular weight is 336 g/mol. The van der Waals surface area contributed by atoms with Crippen molar-refractivity contribution in [2.45, 2.75) is 26.2 Å². The standard InChI is InChI=1S/C21H24N2O2/c1-15(2)18-11-7-8-12-19(18)23-14-16(13-20(23)24)21(25)22(3)17-9-5-4-6-10-17/h4-12,15-16H,13-14H2,1-3H3. The highest BCUT2D eigenvalue weighted by Crippen LogP contribution is 2.33. The summed E-state index contributed by atoms with van der Waals surface area (Å²) in [6.45, 7) is 4.68. The zero-order chi connectivity index (χ0) is 18.0. The molecule has 1 aliphatic rings. The number of amides is 2. The van der Waals surface area contributed by atoms with Crippen LogP contribution in [0.4, 0.5) is 11.4 Å². The summed E-state index contributed by atoms with van der Waals surface area (Å²) in [6.07, 6.45) is 0.266. The van der Waals surface area contributed by atoms with E-state index in [2.05, 4.69) is 19.9 Å². The number of hydrogen-bond donors (Lipinski definition) is 0. The number of benzene rings is 2. The number of rotatable bonds is 4. The number of carbonyl (C=O) groups is 2. The van der Waals surface area contributed by atoms with E-state index in [0.717, 1.165) is 16.9 Å². The first-order valence-electron chi connectivity index (χ1n) is 8.71. The van der Waals surface area contributed by atoms with E-state index < -0.39 is 0 Å². The lowest BCUT2D eigenvalue weighted by Crippen LogP contribution is -2.34. The molecule has 1 heterocycles. The van der Waals surface area contributed by atoms with Crippen molar-refractivity contribution in [2.75, 3.05) is 23.4 Å². The van der Waals surface area contributed by atoms with E-state index in [0.29, 0.717) is 12.5 Å². The minimum Gasteiger partial charge on any atom is -0.315 e. The molecule has 0 aliphatic carbocycles. The molecule has 1 saturated heterocycles. The van der Waals surface area contributed by atoms with Crippen LogP contribution >= 0.6 is 0 Å². The Morgan fingerprint density at radius 1 is 1.08 bits per heavy atom. The molecule has 2 aromatic rings. The monoisotopic (exact) mass is 336 g/mol. The molecule has 4 nitrogen and oxygen atoms in total. The van der Waals surface area contributed by atoms with Gasteiger partial charge in [0.05, 0.1) is 5.92 Å². The Balaban J connectivity index is 1.80. The molecule has 1 atom stereocenters. The van der Waals surface area contributed by atoms with E-state index in [1.807, 2.05) is 48.5 Å². The minimum absolute atomic E-state index is 0.0101. The fourth-order valence-electron chi connectivity index (χ4n) is 3.38. The summed E-state index contributed by atoms with van der Waals surface area (Å²) in [6, 6.07) is 17.5. The normalized spacial score (nSPS) is 17.2. The van der Waals surface area contributed by atoms with Gasteiger partial charge in [0.2, 0.25) is 11.8 Å². The number of nitrogens with zero attached hydrogens (tertiary/aromatic N) is 2. The molecule has 4 heteroatoms. The molecule has 1 fully saturated rings. The highest BCUT2D eigenvalue weighted by atomic mass is 16.2. The van der Waals surface area contributed by atoms with Crippen molar-refractivity contribution < 1.29 is 9.59 Å². The van der Waals surface area contributed by atoms with Gasteiger partial charge in [0.1, 0.15) is 0 Å². The Morgan fingerprint density at radius 3 is 2.40 bits per heavy atom. The van der Waals surface area contributed by atoms with Crippen LogP contribution in [0.2, 0.25) is 0 Å². The number of hydrogen-bond acceptors (Lipinski definition) is 2. The molecule has 0 saturated carbocycles. The number of anilines is 2. The van der Waals surface area contributed by atoms with Crippen LogP contribution in [-0.4, -0.2) is 25.4 Å². The summed E-state index contributed by atoms with van der Waals surface area (Å²) < 4.78 is 0. The first-order valence-corrected chi connectivity index (χ1v) is 8.71. The molecule has 0 N–H and O–H groups in total. The quantitative estimate of drug-likeness (QED) is 0.851. The molecule has 1 aliphatic heterocycles. The molecule has 0 radical (unpaired) electrons. The molecular formula is C21H24N2O2. The highest BCUT2D eigenvalue weighted by Gasteiger charge is 2.37. The van der Waals surface area contributed by atoms with Crippen molar-refractivity contribution in [3.8, 4) is 0 Å². The molecule has 0 spiro atoms. The van der Waals surface area contributed by atoms with Crippen molar-refractivity contribution in [1.29, 1.82) is 0 Å². The fraction of sp³-hybridized carbons (Fsp3) is 0.333. The second-order valence-corrected chi connectivity index (χ2v) is 6.85. The number of para-hydroxylation sites is 2. The van der Waals surface area contributed by atoms with Crippen LogP contribution in [0.3, 0.4) is 0 Å². The summed E-state index contributed by atoms with van der Waals surface area (Å²) in [7, 11) is 1.77. The third-order valence-electron chi connectivity index (χ3n) is 4.80. The predicted molar refractivity (Wildman–Crippen MR) is 101 cm³/mol. The van der Waals surface area contributed by atoms with Gasteiger partial charge in [-0.05, 0) is 29.7 Å². The van der Waals surface area contributed by atoms with Gasteiger partial charge in [-0.15, -0.1) is 0 Å².